The maximum absolute atomic E-state index is 13.2. The Hall–Kier alpha value is -0.410. The molecule has 0 aliphatic carbocycles. The third kappa shape index (κ3) is 2.09. The van der Waals surface area contributed by atoms with Crippen molar-refractivity contribution in [2.75, 3.05) is 5.33 Å². The highest BCUT2D eigenvalue weighted by molar-refractivity contribution is 9.09. The van der Waals surface area contributed by atoms with E-state index in [2.05, 4.69) is 15.9 Å². The van der Waals surface area contributed by atoms with E-state index in [1.807, 2.05) is 0 Å². The van der Waals surface area contributed by atoms with Crippen LogP contribution in [0, 0.1) is 12.7 Å². The van der Waals surface area contributed by atoms with Crippen LogP contribution in [0.5, 0.6) is 0 Å². The van der Waals surface area contributed by atoms with Gasteiger partial charge in [-0.3, -0.25) is 4.79 Å². The lowest BCUT2D eigenvalue weighted by Gasteiger charge is -2.05. The number of carbonyl (C=O) groups is 1. The van der Waals surface area contributed by atoms with E-state index in [9.17, 15) is 9.18 Å². The van der Waals surface area contributed by atoms with Gasteiger partial charge in [0, 0.05) is 5.02 Å². The molecule has 0 saturated heterocycles. The van der Waals surface area contributed by atoms with Crippen molar-refractivity contribution in [2.24, 2.45) is 0 Å². The van der Waals surface area contributed by atoms with Crippen molar-refractivity contribution >= 4 is 33.3 Å². The lowest BCUT2D eigenvalue weighted by molar-refractivity contribution is 0.101. The molecule has 0 bridgehead atoms. The normalized spacial score (nSPS) is 10.2. The summed E-state index contributed by atoms with van der Waals surface area (Å²) in [7, 11) is 0. The van der Waals surface area contributed by atoms with Crippen LogP contribution >= 0.6 is 27.5 Å². The van der Waals surface area contributed by atoms with Crippen molar-refractivity contribution in [2.45, 2.75) is 6.92 Å². The molecule has 1 aromatic rings. The Morgan fingerprint density at radius 3 is 2.77 bits per heavy atom. The van der Waals surface area contributed by atoms with E-state index in [4.69, 9.17) is 11.6 Å². The van der Waals surface area contributed by atoms with Crippen molar-refractivity contribution in [1.29, 1.82) is 0 Å². The van der Waals surface area contributed by atoms with Gasteiger partial charge in [0.2, 0.25) is 0 Å². The molecule has 0 amide bonds. The van der Waals surface area contributed by atoms with Gasteiger partial charge in [0.05, 0.1) is 10.9 Å². The first-order chi connectivity index (χ1) is 6.07. The number of alkyl halides is 1. The molecule has 0 radical (unpaired) electrons. The molecule has 70 valence electrons. The quantitative estimate of drug-likeness (QED) is 0.592. The van der Waals surface area contributed by atoms with Crippen LogP contribution in [0.4, 0.5) is 4.39 Å². The molecule has 0 saturated carbocycles. The molecule has 0 atom stereocenters. The van der Waals surface area contributed by atoms with Crippen molar-refractivity contribution < 1.29 is 9.18 Å². The first-order valence-electron chi connectivity index (χ1n) is 3.61. The van der Waals surface area contributed by atoms with Crippen LogP contribution in [0.15, 0.2) is 12.1 Å². The summed E-state index contributed by atoms with van der Waals surface area (Å²) < 4.78 is 13.2. The smallest absolute Gasteiger partial charge is 0.176 e. The second-order valence-corrected chi connectivity index (χ2v) is 3.55. The van der Waals surface area contributed by atoms with Gasteiger partial charge in [-0.15, -0.1) is 0 Å². The Kier molecular flexibility index (Phi) is 3.45. The molecule has 0 aliphatic heterocycles. The molecule has 0 fully saturated rings. The molecule has 1 nitrogen and oxygen atoms in total. The lowest BCUT2D eigenvalue weighted by atomic mass is 10.1. The summed E-state index contributed by atoms with van der Waals surface area (Å²) in [5.41, 5.74) is 0.565. The minimum Gasteiger partial charge on any atom is -0.293 e. The summed E-state index contributed by atoms with van der Waals surface area (Å²) in [6.45, 7) is 1.63. The summed E-state index contributed by atoms with van der Waals surface area (Å²) in [4.78, 5) is 11.3. The van der Waals surface area contributed by atoms with Crippen molar-refractivity contribution in [3.05, 3.63) is 34.1 Å². The number of carbonyl (C=O) groups excluding carboxylic acids is 1. The van der Waals surface area contributed by atoms with Crippen LogP contribution in [0.3, 0.4) is 0 Å². The second kappa shape index (κ2) is 4.20. The number of rotatable bonds is 2. The number of benzene rings is 1. The summed E-state index contributed by atoms with van der Waals surface area (Å²) in [6, 6.07) is 2.64. The standard InChI is InChI=1S/C9H7BrClFO/c1-5-6(11)2-3-7(12)9(5)8(13)4-10/h2-3H,4H2,1H3. The van der Waals surface area contributed by atoms with Gasteiger partial charge in [0.15, 0.2) is 5.78 Å². The average molecular weight is 266 g/mol. The Labute approximate surface area is 89.0 Å². The van der Waals surface area contributed by atoms with E-state index in [1.165, 1.54) is 12.1 Å². The predicted molar refractivity (Wildman–Crippen MR) is 54.3 cm³/mol. The SMILES string of the molecule is Cc1c(Cl)ccc(F)c1C(=O)CBr. The first kappa shape index (κ1) is 10.7. The van der Waals surface area contributed by atoms with Crippen LogP contribution in [0.1, 0.15) is 15.9 Å². The fraction of sp³-hybridized carbons (Fsp3) is 0.222. The zero-order chi connectivity index (χ0) is 10.0. The molecule has 0 spiro atoms. The third-order valence-corrected chi connectivity index (χ3v) is 2.67. The van der Waals surface area contributed by atoms with Crippen molar-refractivity contribution in [1.82, 2.24) is 0 Å². The molecule has 1 rings (SSSR count). The van der Waals surface area contributed by atoms with E-state index in [-0.39, 0.29) is 16.7 Å². The van der Waals surface area contributed by atoms with E-state index in [0.717, 1.165) is 0 Å². The molecular weight excluding hydrogens is 258 g/mol. The summed E-state index contributed by atoms with van der Waals surface area (Å²) in [5, 5.41) is 0.510. The van der Waals surface area contributed by atoms with Crippen molar-refractivity contribution in [3.63, 3.8) is 0 Å². The maximum atomic E-state index is 13.2. The van der Waals surface area contributed by atoms with Crippen LogP contribution in [0.25, 0.3) is 0 Å². The lowest BCUT2D eigenvalue weighted by Crippen LogP contribution is -2.06. The number of hydrogen-bond donors (Lipinski definition) is 0. The molecular formula is C9H7BrClFO. The minimum atomic E-state index is -0.522. The van der Waals surface area contributed by atoms with Gasteiger partial charge in [-0.25, -0.2) is 4.39 Å². The van der Waals surface area contributed by atoms with Gasteiger partial charge in [-0.05, 0) is 24.6 Å². The van der Waals surface area contributed by atoms with Gasteiger partial charge < -0.3 is 0 Å². The zero-order valence-electron chi connectivity index (χ0n) is 6.90. The van der Waals surface area contributed by atoms with Gasteiger partial charge in [-0.1, -0.05) is 27.5 Å². The van der Waals surface area contributed by atoms with Crippen LogP contribution in [0.2, 0.25) is 5.02 Å². The fourth-order valence-corrected chi connectivity index (χ4v) is 1.50. The third-order valence-electron chi connectivity index (χ3n) is 1.75. The number of Topliss-reactive ketones (excluding diaryl/α,β-unsaturated/α-hetero) is 1. The highest BCUT2D eigenvalue weighted by Gasteiger charge is 2.15. The van der Waals surface area contributed by atoms with E-state index >= 15 is 0 Å². The molecule has 0 aromatic heterocycles. The van der Waals surface area contributed by atoms with Gasteiger partial charge in [-0.2, -0.15) is 0 Å². The molecule has 13 heavy (non-hydrogen) atoms. The topological polar surface area (TPSA) is 17.1 Å². The molecule has 0 aliphatic rings. The number of ketones is 1. The van der Waals surface area contributed by atoms with Crippen molar-refractivity contribution in [3.8, 4) is 0 Å². The Morgan fingerprint density at radius 1 is 1.62 bits per heavy atom. The monoisotopic (exact) mass is 264 g/mol. The zero-order valence-corrected chi connectivity index (χ0v) is 9.25. The average Bonchev–Trinajstić information content (AvgIpc) is 2.12. The summed E-state index contributed by atoms with van der Waals surface area (Å²) in [6.07, 6.45) is 0. The maximum Gasteiger partial charge on any atom is 0.176 e. The van der Waals surface area contributed by atoms with E-state index in [1.54, 1.807) is 6.92 Å². The van der Waals surface area contributed by atoms with Gasteiger partial charge >= 0.3 is 0 Å². The molecule has 0 N–H and O–H groups in total. The number of halogens is 3. The van der Waals surface area contributed by atoms with Gasteiger partial charge in [0.1, 0.15) is 5.82 Å². The van der Waals surface area contributed by atoms with Crippen LogP contribution in [-0.2, 0) is 0 Å². The highest BCUT2D eigenvalue weighted by Crippen LogP contribution is 2.22. The first-order valence-corrected chi connectivity index (χ1v) is 5.11. The van der Waals surface area contributed by atoms with Crippen LogP contribution < -0.4 is 0 Å². The molecule has 0 unspecified atom stereocenters. The summed E-state index contributed by atoms with van der Waals surface area (Å²) in [5.74, 6) is -0.816. The Balaban J connectivity index is 3.33. The highest BCUT2D eigenvalue weighted by atomic mass is 79.9. The predicted octanol–water partition coefficient (Wildman–Crippen LogP) is 3.37. The summed E-state index contributed by atoms with van der Waals surface area (Å²) >= 11 is 8.74. The second-order valence-electron chi connectivity index (χ2n) is 2.59. The van der Waals surface area contributed by atoms with Crippen LogP contribution in [-0.4, -0.2) is 11.1 Å². The van der Waals surface area contributed by atoms with E-state index in [0.29, 0.717) is 10.6 Å². The van der Waals surface area contributed by atoms with Gasteiger partial charge in [0.25, 0.3) is 0 Å². The Morgan fingerprint density at radius 2 is 2.23 bits per heavy atom. The molecule has 0 heterocycles. The Bertz CT molecular complexity index is 352. The largest absolute Gasteiger partial charge is 0.293 e. The van der Waals surface area contributed by atoms with E-state index < -0.39 is 5.82 Å². The fourth-order valence-electron chi connectivity index (χ4n) is 1.06. The number of hydrogen-bond acceptors (Lipinski definition) is 1. The molecule has 4 heteroatoms. The molecule has 1 aromatic carbocycles. The minimum absolute atomic E-state index is 0.0735.